The second kappa shape index (κ2) is 5.94. The van der Waals surface area contributed by atoms with Gasteiger partial charge in [-0.25, -0.2) is 4.39 Å². The summed E-state index contributed by atoms with van der Waals surface area (Å²) >= 11 is 3.31. The lowest BCUT2D eigenvalue weighted by Gasteiger charge is -2.23. The highest BCUT2D eigenvalue weighted by Crippen LogP contribution is 2.29. The first kappa shape index (κ1) is 13.0. The summed E-state index contributed by atoms with van der Waals surface area (Å²) < 4.78 is 13.6. The quantitative estimate of drug-likeness (QED) is 0.879. The van der Waals surface area contributed by atoms with Gasteiger partial charge in [0.1, 0.15) is 5.82 Å². The number of aliphatic hydroxyl groups excluding tert-OH is 1. The average molecular weight is 302 g/mol. The molecule has 1 aliphatic rings. The molecule has 0 saturated carbocycles. The smallest absolute Gasteiger partial charge is 0.124 e. The second-order valence-corrected chi connectivity index (χ2v) is 5.37. The molecule has 0 amide bonds. The Hall–Kier alpha value is -0.450. The molecule has 2 atom stereocenters. The van der Waals surface area contributed by atoms with E-state index in [4.69, 9.17) is 0 Å². The summed E-state index contributed by atoms with van der Waals surface area (Å²) in [6.07, 6.45) is 3.88. The van der Waals surface area contributed by atoms with Crippen LogP contribution in [0.1, 0.15) is 37.4 Å². The number of halogens is 2. The summed E-state index contributed by atoms with van der Waals surface area (Å²) in [7, 11) is 0. The van der Waals surface area contributed by atoms with Gasteiger partial charge in [0.25, 0.3) is 0 Å². The summed E-state index contributed by atoms with van der Waals surface area (Å²) in [6, 6.07) is 4.51. The molecule has 0 spiro atoms. The molecule has 2 rings (SSSR count). The number of aliphatic hydroxyl groups is 1. The van der Waals surface area contributed by atoms with Crippen molar-refractivity contribution in [1.82, 2.24) is 5.32 Å². The number of hydrogen-bond donors (Lipinski definition) is 2. The minimum atomic E-state index is -0.580. The Labute approximate surface area is 109 Å². The van der Waals surface area contributed by atoms with Gasteiger partial charge in [-0.05, 0) is 37.1 Å². The van der Waals surface area contributed by atoms with Crippen LogP contribution in [0.15, 0.2) is 22.7 Å². The fourth-order valence-electron chi connectivity index (χ4n) is 2.28. The molecule has 1 saturated heterocycles. The van der Waals surface area contributed by atoms with Crippen molar-refractivity contribution in [2.24, 2.45) is 0 Å². The molecule has 0 bridgehead atoms. The zero-order valence-corrected chi connectivity index (χ0v) is 11.2. The highest BCUT2D eigenvalue weighted by molar-refractivity contribution is 9.10. The molecule has 1 heterocycles. The van der Waals surface area contributed by atoms with Crippen LogP contribution in [0.25, 0.3) is 0 Å². The molecule has 0 radical (unpaired) electrons. The molecule has 1 aliphatic heterocycles. The van der Waals surface area contributed by atoms with Crippen LogP contribution in [0.2, 0.25) is 0 Å². The van der Waals surface area contributed by atoms with Crippen molar-refractivity contribution in [1.29, 1.82) is 0 Å². The van der Waals surface area contributed by atoms with Crippen molar-refractivity contribution >= 4 is 15.9 Å². The molecule has 2 N–H and O–H groups in total. The molecule has 1 aromatic rings. The predicted octanol–water partition coefficient (Wildman–Crippen LogP) is 3.15. The minimum Gasteiger partial charge on any atom is -0.387 e. The fourth-order valence-corrected chi connectivity index (χ4v) is 2.87. The third kappa shape index (κ3) is 3.27. The lowest BCUT2D eigenvalue weighted by atomic mass is 9.98. The first-order valence-electron chi connectivity index (χ1n) is 6.05. The maximum atomic E-state index is 13.0. The highest BCUT2D eigenvalue weighted by atomic mass is 79.9. The van der Waals surface area contributed by atoms with Gasteiger partial charge in [-0.3, -0.25) is 0 Å². The normalized spacial score (nSPS) is 23.1. The number of benzene rings is 1. The van der Waals surface area contributed by atoms with Gasteiger partial charge in [0.05, 0.1) is 6.10 Å². The van der Waals surface area contributed by atoms with E-state index in [0.717, 1.165) is 31.4 Å². The van der Waals surface area contributed by atoms with E-state index in [2.05, 4.69) is 21.2 Å². The number of nitrogens with one attached hydrogen (secondary N) is 1. The van der Waals surface area contributed by atoms with Crippen LogP contribution in [0.5, 0.6) is 0 Å². The third-order valence-corrected chi connectivity index (χ3v) is 3.95. The number of hydrogen-bond acceptors (Lipinski definition) is 2. The Kier molecular flexibility index (Phi) is 4.54. The molecule has 1 fully saturated rings. The fraction of sp³-hybridized carbons (Fsp3) is 0.538. The number of rotatable bonds is 2. The lowest BCUT2D eigenvalue weighted by Crippen LogP contribution is -2.34. The van der Waals surface area contributed by atoms with E-state index in [1.165, 1.54) is 18.6 Å². The van der Waals surface area contributed by atoms with E-state index in [-0.39, 0.29) is 11.9 Å². The Bertz CT molecular complexity index is 378. The zero-order valence-electron chi connectivity index (χ0n) is 9.63. The Morgan fingerprint density at radius 2 is 2.18 bits per heavy atom. The van der Waals surface area contributed by atoms with Crippen LogP contribution in [0, 0.1) is 5.82 Å². The van der Waals surface area contributed by atoms with Gasteiger partial charge in [-0.15, -0.1) is 0 Å². The molecular formula is C13H17BrFNO. The largest absolute Gasteiger partial charge is 0.387 e. The molecule has 1 aromatic carbocycles. The van der Waals surface area contributed by atoms with Gasteiger partial charge >= 0.3 is 0 Å². The topological polar surface area (TPSA) is 32.3 Å². The molecular weight excluding hydrogens is 285 g/mol. The van der Waals surface area contributed by atoms with Crippen molar-refractivity contribution in [2.45, 2.75) is 37.8 Å². The standard InChI is InChI=1S/C13H17BrFNO/c14-11-8-9(15)5-6-10(11)13(17)12-4-2-1-3-7-16-12/h5-6,8,12-13,16-17H,1-4,7H2. The van der Waals surface area contributed by atoms with Crippen molar-refractivity contribution in [3.8, 4) is 0 Å². The maximum Gasteiger partial charge on any atom is 0.124 e. The van der Waals surface area contributed by atoms with Crippen LogP contribution >= 0.6 is 15.9 Å². The van der Waals surface area contributed by atoms with Gasteiger partial charge in [-0.1, -0.05) is 34.8 Å². The van der Waals surface area contributed by atoms with Gasteiger partial charge < -0.3 is 10.4 Å². The minimum absolute atomic E-state index is 0.0688. The summed E-state index contributed by atoms with van der Waals surface area (Å²) in [4.78, 5) is 0. The van der Waals surface area contributed by atoms with Crippen LogP contribution < -0.4 is 5.32 Å². The van der Waals surface area contributed by atoms with Crippen molar-refractivity contribution in [3.63, 3.8) is 0 Å². The molecule has 94 valence electrons. The second-order valence-electron chi connectivity index (χ2n) is 4.52. The maximum absolute atomic E-state index is 13.0. The third-order valence-electron chi connectivity index (χ3n) is 3.26. The Morgan fingerprint density at radius 3 is 2.94 bits per heavy atom. The molecule has 0 aliphatic carbocycles. The highest BCUT2D eigenvalue weighted by Gasteiger charge is 2.23. The van der Waals surface area contributed by atoms with Crippen LogP contribution in [-0.2, 0) is 0 Å². The molecule has 2 nitrogen and oxygen atoms in total. The first-order valence-corrected chi connectivity index (χ1v) is 6.84. The van der Waals surface area contributed by atoms with E-state index in [1.807, 2.05) is 0 Å². The van der Waals surface area contributed by atoms with Crippen molar-refractivity contribution in [3.05, 3.63) is 34.1 Å². The van der Waals surface area contributed by atoms with Gasteiger partial charge in [0.15, 0.2) is 0 Å². The Balaban J connectivity index is 2.14. The van der Waals surface area contributed by atoms with E-state index < -0.39 is 6.10 Å². The summed E-state index contributed by atoms with van der Waals surface area (Å²) in [5, 5.41) is 13.7. The summed E-state index contributed by atoms with van der Waals surface area (Å²) in [5.41, 5.74) is 0.755. The van der Waals surface area contributed by atoms with Gasteiger partial charge in [0, 0.05) is 10.5 Å². The SMILES string of the molecule is OC(c1ccc(F)cc1Br)C1CCCCCN1. The Morgan fingerprint density at radius 1 is 1.35 bits per heavy atom. The monoisotopic (exact) mass is 301 g/mol. The van der Waals surface area contributed by atoms with Crippen LogP contribution in [-0.4, -0.2) is 17.7 Å². The molecule has 17 heavy (non-hydrogen) atoms. The van der Waals surface area contributed by atoms with E-state index in [9.17, 15) is 9.50 Å². The van der Waals surface area contributed by atoms with Gasteiger partial charge in [0.2, 0.25) is 0 Å². The predicted molar refractivity (Wildman–Crippen MR) is 69.3 cm³/mol. The average Bonchev–Trinajstić information content (AvgIpc) is 2.56. The molecule has 4 heteroatoms. The van der Waals surface area contributed by atoms with E-state index in [0.29, 0.717) is 4.47 Å². The molecule has 2 unspecified atom stereocenters. The first-order chi connectivity index (χ1) is 8.18. The van der Waals surface area contributed by atoms with Crippen molar-refractivity contribution in [2.75, 3.05) is 6.54 Å². The lowest BCUT2D eigenvalue weighted by molar-refractivity contribution is 0.125. The van der Waals surface area contributed by atoms with E-state index >= 15 is 0 Å². The summed E-state index contributed by atoms with van der Waals surface area (Å²) in [5.74, 6) is -0.290. The van der Waals surface area contributed by atoms with Crippen LogP contribution in [0.3, 0.4) is 0 Å². The van der Waals surface area contributed by atoms with E-state index in [1.54, 1.807) is 6.07 Å². The van der Waals surface area contributed by atoms with Crippen LogP contribution in [0.4, 0.5) is 4.39 Å². The zero-order chi connectivity index (χ0) is 12.3. The van der Waals surface area contributed by atoms with Gasteiger partial charge in [-0.2, -0.15) is 0 Å². The molecule has 0 aromatic heterocycles. The summed E-state index contributed by atoms with van der Waals surface area (Å²) in [6.45, 7) is 0.945. The van der Waals surface area contributed by atoms with Crippen molar-refractivity contribution < 1.29 is 9.50 Å².